The summed E-state index contributed by atoms with van der Waals surface area (Å²) in [5.74, 6) is -0.918. The molecule has 1 saturated carbocycles. The topological polar surface area (TPSA) is 101 Å². The van der Waals surface area contributed by atoms with Crippen molar-refractivity contribution in [3.63, 3.8) is 0 Å². The Bertz CT molecular complexity index is 688. The number of hydrogen-bond acceptors (Lipinski definition) is 4. The van der Waals surface area contributed by atoms with Gasteiger partial charge in [-0.3, -0.25) is 19.7 Å². The second-order valence-corrected chi connectivity index (χ2v) is 7.51. The summed E-state index contributed by atoms with van der Waals surface area (Å²) in [4.78, 5) is 35.4. The molecule has 0 radical (unpaired) electrons. The number of carbonyl (C=O) groups is 3. The monoisotopic (exact) mass is 379 g/mol. The molecule has 6 nitrogen and oxygen atoms in total. The molecule has 1 saturated heterocycles. The fourth-order valence-corrected chi connectivity index (χ4v) is 3.80. The molecule has 3 rings (SSSR count). The van der Waals surface area contributed by atoms with Crippen LogP contribution in [0, 0.1) is 11.8 Å². The number of carbonyl (C=O) groups excluding carboxylic acids is 3. The number of nitrogens with one attached hydrogen (secondary N) is 2. The zero-order valence-electron chi connectivity index (χ0n) is 14.9. The van der Waals surface area contributed by atoms with Crippen molar-refractivity contribution >= 4 is 35.8 Å². The Morgan fingerprint density at radius 2 is 1.96 bits per heavy atom. The average Bonchev–Trinajstić information content (AvgIpc) is 2.86. The van der Waals surface area contributed by atoms with Gasteiger partial charge in [0, 0.05) is 17.6 Å². The van der Waals surface area contributed by atoms with Crippen molar-refractivity contribution in [2.24, 2.45) is 17.6 Å². The molecule has 7 heteroatoms. The normalized spacial score (nSPS) is 28.2. The highest BCUT2D eigenvalue weighted by Crippen LogP contribution is 2.32. The van der Waals surface area contributed by atoms with Gasteiger partial charge in [-0.1, -0.05) is 25.0 Å². The minimum atomic E-state index is -0.454. The van der Waals surface area contributed by atoms with Gasteiger partial charge in [-0.05, 0) is 43.9 Å². The zero-order valence-corrected chi connectivity index (χ0v) is 15.7. The molecule has 0 bridgehead atoms. The Balaban J connectivity index is 0.00000243. The lowest BCUT2D eigenvalue weighted by Crippen LogP contribution is -2.51. The zero-order chi connectivity index (χ0) is 18.0. The summed E-state index contributed by atoms with van der Waals surface area (Å²) in [6, 6.07) is 7.43. The Hall–Kier alpha value is -1.92. The van der Waals surface area contributed by atoms with Crippen LogP contribution in [0.2, 0.25) is 0 Å². The predicted molar refractivity (Wildman–Crippen MR) is 102 cm³/mol. The minimum Gasteiger partial charge on any atom is -0.326 e. The Morgan fingerprint density at radius 3 is 2.54 bits per heavy atom. The molecule has 26 heavy (non-hydrogen) atoms. The first-order chi connectivity index (χ1) is 11.8. The molecule has 1 aliphatic carbocycles. The minimum absolute atomic E-state index is 0. The van der Waals surface area contributed by atoms with Gasteiger partial charge in [-0.25, -0.2) is 0 Å². The molecule has 3 unspecified atom stereocenters. The first-order valence-electron chi connectivity index (χ1n) is 8.87. The molecule has 3 atom stereocenters. The Labute approximate surface area is 159 Å². The van der Waals surface area contributed by atoms with E-state index in [9.17, 15) is 14.4 Å². The van der Waals surface area contributed by atoms with Crippen molar-refractivity contribution in [2.75, 3.05) is 5.32 Å². The highest BCUT2D eigenvalue weighted by Gasteiger charge is 2.37. The quantitative estimate of drug-likeness (QED) is 0.697. The number of halogens is 1. The molecule has 3 amide bonds. The number of hydrogen-bond donors (Lipinski definition) is 3. The fourth-order valence-electron chi connectivity index (χ4n) is 3.80. The maximum absolute atomic E-state index is 12.5. The van der Waals surface area contributed by atoms with Crippen LogP contribution in [-0.4, -0.2) is 23.3 Å². The number of benzene rings is 1. The van der Waals surface area contributed by atoms with Crippen LogP contribution < -0.4 is 16.4 Å². The van der Waals surface area contributed by atoms with Crippen LogP contribution in [0.25, 0.3) is 0 Å². The summed E-state index contributed by atoms with van der Waals surface area (Å²) in [5, 5.41) is 5.27. The van der Waals surface area contributed by atoms with Gasteiger partial charge in [0.05, 0.1) is 11.8 Å². The third kappa shape index (κ3) is 4.62. The van der Waals surface area contributed by atoms with Gasteiger partial charge in [0.1, 0.15) is 0 Å². The molecule has 1 aromatic carbocycles. The largest absolute Gasteiger partial charge is 0.326 e. The third-order valence-corrected chi connectivity index (χ3v) is 5.34. The van der Waals surface area contributed by atoms with Crippen LogP contribution in [0.5, 0.6) is 0 Å². The number of amides is 3. The molecular weight excluding hydrogens is 354 g/mol. The van der Waals surface area contributed by atoms with E-state index in [0.29, 0.717) is 6.42 Å². The van der Waals surface area contributed by atoms with E-state index >= 15 is 0 Å². The number of nitrogens with two attached hydrogens (primary N) is 1. The maximum atomic E-state index is 12.5. The Kier molecular flexibility index (Phi) is 6.42. The predicted octanol–water partition coefficient (Wildman–Crippen LogP) is 2.16. The second-order valence-electron chi connectivity index (χ2n) is 7.51. The molecule has 1 aromatic rings. The maximum Gasteiger partial charge on any atom is 0.230 e. The first kappa shape index (κ1) is 20.4. The molecular formula is C19H26ClN3O3. The van der Waals surface area contributed by atoms with E-state index in [1.807, 2.05) is 31.2 Å². The summed E-state index contributed by atoms with van der Waals surface area (Å²) >= 11 is 0. The van der Waals surface area contributed by atoms with Gasteiger partial charge in [-0.2, -0.15) is 0 Å². The van der Waals surface area contributed by atoms with Gasteiger partial charge in [0.2, 0.25) is 17.7 Å². The van der Waals surface area contributed by atoms with E-state index in [2.05, 4.69) is 10.6 Å². The van der Waals surface area contributed by atoms with Gasteiger partial charge >= 0.3 is 0 Å². The van der Waals surface area contributed by atoms with Crippen molar-refractivity contribution in [1.29, 1.82) is 0 Å². The SMILES string of the molecule is CC1(N)CCCCC1C(=O)Nc1ccc(CC2CC(=O)NC2=O)cc1.Cl. The van der Waals surface area contributed by atoms with Crippen LogP contribution in [0.15, 0.2) is 24.3 Å². The van der Waals surface area contributed by atoms with Gasteiger partial charge in [0.15, 0.2) is 0 Å². The van der Waals surface area contributed by atoms with Gasteiger partial charge in [0.25, 0.3) is 0 Å². The summed E-state index contributed by atoms with van der Waals surface area (Å²) in [7, 11) is 0. The van der Waals surface area contributed by atoms with E-state index in [1.165, 1.54) is 0 Å². The standard InChI is InChI=1S/C19H25N3O3.ClH/c1-19(20)9-3-2-4-15(19)18(25)21-14-7-5-12(6-8-14)10-13-11-16(23)22-17(13)24;/h5-8,13,15H,2-4,9-11,20H2,1H3,(H,21,25)(H,22,23,24);1H. The lowest BCUT2D eigenvalue weighted by Gasteiger charge is -2.37. The van der Waals surface area contributed by atoms with E-state index in [-0.39, 0.29) is 48.4 Å². The summed E-state index contributed by atoms with van der Waals surface area (Å²) < 4.78 is 0. The van der Waals surface area contributed by atoms with E-state index < -0.39 is 5.54 Å². The van der Waals surface area contributed by atoms with Crippen LogP contribution in [-0.2, 0) is 20.8 Å². The van der Waals surface area contributed by atoms with Gasteiger partial charge in [-0.15, -0.1) is 12.4 Å². The van der Waals surface area contributed by atoms with E-state index in [1.54, 1.807) is 0 Å². The van der Waals surface area contributed by atoms with Crippen molar-refractivity contribution in [3.8, 4) is 0 Å². The molecule has 1 heterocycles. The summed E-state index contributed by atoms with van der Waals surface area (Å²) in [6.45, 7) is 1.95. The Morgan fingerprint density at radius 1 is 1.27 bits per heavy atom. The second kappa shape index (κ2) is 8.18. The fraction of sp³-hybridized carbons (Fsp3) is 0.526. The van der Waals surface area contributed by atoms with Crippen LogP contribution in [0.3, 0.4) is 0 Å². The molecule has 2 fully saturated rings. The van der Waals surface area contributed by atoms with E-state index in [0.717, 1.165) is 36.9 Å². The molecule has 1 aliphatic heterocycles. The number of rotatable bonds is 4. The van der Waals surface area contributed by atoms with Crippen LogP contribution >= 0.6 is 12.4 Å². The summed E-state index contributed by atoms with van der Waals surface area (Å²) in [5.41, 5.74) is 7.53. The lowest BCUT2D eigenvalue weighted by molar-refractivity contribution is -0.126. The van der Waals surface area contributed by atoms with Crippen molar-refractivity contribution in [3.05, 3.63) is 29.8 Å². The van der Waals surface area contributed by atoms with Crippen molar-refractivity contribution in [1.82, 2.24) is 5.32 Å². The first-order valence-corrected chi connectivity index (χ1v) is 8.87. The van der Waals surface area contributed by atoms with Crippen molar-refractivity contribution < 1.29 is 14.4 Å². The average molecular weight is 380 g/mol. The highest BCUT2D eigenvalue weighted by atomic mass is 35.5. The number of imide groups is 1. The highest BCUT2D eigenvalue weighted by molar-refractivity contribution is 6.03. The van der Waals surface area contributed by atoms with Gasteiger partial charge < -0.3 is 11.1 Å². The van der Waals surface area contributed by atoms with E-state index in [4.69, 9.17) is 5.73 Å². The molecule has 4 N–H and O–H groups in total. The van der Waals surface area contributed by atoms with Crippen LogP contribution in [0.4, 0.5) is 5.69 Å². The van der Waals surface area contributed by atoms with Crippen molar-refractivity contribution in [2.45, 2.75) is 51.0 Å². The molecule has 0 spiro atoms. The molecule has 142 valence electrons. The third-order valence-electron chi connectivity index (χ3n) is 5.34. The lowest BCUT2D eigenvalue weighted by atomic mass is 9.74. The molecule has 2 aliphatic rings. The number of anilines is 1. The van der Waals surface area contributed by atoms with Crippen LogP contribution in [0.1, 0.15) is 44.6 Å². The summed E-state index contributed by atoms with van der Waals surface area (Å²) in [6.07, 6.45) is 4.56. The molecule has 0 aromatic heterocycles. The smallest absolute Gasteiger partial charge is 0.230 e.